The van der Waals surface area contributed by atoms with Crippen molar-refractivity contribution in [3.63, 3.8) is 0 Å². The van der Waals surface area contributed by atoms with Crippen molar-refractivity contribution in [3.8, 4) is 0 Å². The quantitative estimate of drug-likeness (QED) is 0.390. The average molecular weight is 452 g/mol. The third-order valence-corrected chi connectivity index (χ3v) is 5.58. The molecule has 3 rings (SSSR count). The Bertz CT molecular complexity index is 939. The van der Waals surface area contributed by atoms with Crippen LogP contribution in [-0.2, 0) is 24.1 Å². The fourth-order valence-corrected chi connectivity index (χ4v) is 3.84. The predicted octanol–water partition coefficient (Wildman–Crippen LogP) is 6.05. The highest BCUT2D eigenvalue weighted by Crippen LogP contribution is 2.24. The van der Waals surface area contributed by atoms with Crippen molar-refractivity contribution >= 4 is 27.6 Å². The molecule has 0 aliphatic heterocycles. The van der Waals surface area contributed by atoms with Crippen LogP contribution in [0.4, 0.5) is 5.69 Å². The van der Waals surface area contributed by atoms with Crippen LogP contribution in [0.15, 0.2) is 77.3 Å². The molecule has 3 aromatic rings. The van der Waals surface area contributed by atoms with Gasteiger partial charge in [0, 0.05) is 23.2 Å². The van der Waals surface area contributed by atoms with Gasteiger partial charge in [0.25, 0.3) is 0 Å². The number of halogens is 1. The summed E-state index contributed by atoms with van der Waals surface area (Å²) in [6.45, 7) is 3.84. The maximum Gasteiger partial charge on any atom is 0.337 e. The van der Waals surface area contributed by atoms with Gasteiger partial charge >= 0.3 is 5.97 Å². The summed E-state index contributed by atoms with van der Waals surface area (Å²) in [5.41, 5.74) is 5.69. The minimum absolute atomic E-state index is 0.310. The molecule has 0 radical (unpaired) electrons. The summed E-state index contributed by atoms with van der Waals surface area (Å²) in [7, 11) is 1.40. The minimum Gasteiger partial charge on any atom is -0.465 e. The van der Waals surface area contributed by atoms with Crippen molar-refractivity contribution in [1.82, 2.24) is 0 Å². The number of anilines is 1. The number of hydrogen-bond donors (Lipinski definition) is 0. The first-order chi connectivity index (χ1) is 14.1. The molecule has 0 amide bonds. The number of rotatable bonds is 8. The SMILES string of the molecule is CCN(Cc1cc(Br)ccc1CCc1ccccc1)c1ccc(C(=O)OC)cc1. The smallest absolute Gasteiger partial charge is 0.337 e. The molecule has 0 N–H and O–H groups in total. The standard InChI is InChI=1S/C25H26BrNO2/c1-3-27(24-15-12-21(13-16-24)25(28)29-2)18-22-17-23(26)14-11-20(22)10-9-19-7-5-4-6-8-19/h4-8,11-17H,3,9-10,18H2,1-2H3. The van der Waals surface area contributed by atoms with Gasteiger partial charge in [0.1, 0.15) is 0 Å². The molecule has 3 aromatic carbocycles. The molecule has 0 spiro atoms. The molecule has 0 aromatic heterocycles. The highest BCUT2D eigenvalue weighted by Gasteiger charge is 2.12. The van der Waals surface area contributed by atoms with Crippen LogP contribution in [-0.4, -0.2) is 19.6 Å². The molecule has 29 heavy (non-hydrogen) atoms. The summed E-state index contributed by atoms with van der Waals surface area (Å²) in [5, 5.41) is 0. The van der Waals surface area contributed by atoms with Gasteiger partial charge in [-0.3, -0.25) is 0 Å². The van der Waals surface area contributed by atoms with Gasteiger partial charge in [-0.05, 0) is 72.9 Å². The van der Waals surface area contributed by atoms with Crippen LogP contribution in [0.1, 0.15) is 34.0 Å². The fourth-order valence-electron chi connectivity index (χ4n) is 3.43. The predicted molar refractivity (Wildman–Crippen MR) is 122 cm³/mol. The molecule has 0 atom stereocenters. The molecule has 0 fully saturated rings. The van der Waals surface area contributed by atoms with Gasteiger partial charge in [-0.25, -0.2) is 4.79 Å². The third kappa shape index (κ3) is 5.70. The monoisotopic (exact) mass is 451 g/mol. The molecule has 150 valence electrons. The van der Waals surface area contributed by atoms with Gasteiger partial charge in [0.2, 0.25) is 0 Å². The summed E-state index contributed by atoms with van der Waals surface area (Å²) in [6.07, 6.45) is 2.03. The van der Waals surface area contributed by atoms with Crippen molar-refractivity contribution in [2.24, 2.45) is 0 Å². The van der Waals surface area contributed by atoms with E-state index in [1.807, 2.05) is 24.3 Å². The summed E-state index contributed by atoms with van der Waals surface area (Å²) in [5.74, 6) is -0.310. The van der Waals surface area contributed by atoms with E-state index in [2.05, 4.69) is 76.3 Å². The molecule has 0 aliphatic rings. The Morgan fingerprint density at radius 2 is 1.66 bits per heavy atom. The van der Waals surface area contributed by atoms with E-state index in [4.69, 9.17) is 4.74 Å². The lowest BCUT2D eigenvalue weighted by Crippen LogP contribution is -2.23. The topological polar surface area (TPSA) is 29.5 Å². The van der Waals surface area contributed by atoms with E-state index in [-0.39, 0.29) is 5.97 Å². The van der Waals surface area contributed by atoms with Crippen LogP contribution in [0.5, 0.6) is 0 Å². The van der Waals surface area contributed by atoms with E-state index in [0.717, 1.165) is 36.1 Å². The largest absolute Gasteiger partial charge is 0.465 e. The van der Waals surface area contributed by atoms with Crippen molar-refractivity contribution in [3.05, 3.63) is 99.5 Å². The number of nitrogens with zero attached hydrogens (tertiary/aromatic N) is 1. The maximum absolute atomic E-state index is 11.7. The molecular weight excluding hydrogens is 426 g/mol. The second-order valence-electron chi connectivity index (χ2n) is 6.95. The molecule has 0 bridgehead atoms. The molecule has 0 saturated heterocycles. The van der Waals surface area contributed by atoms with Crippen molar-refractivity contribution < 1.29 is 9.53 Å². The fraction of sp³-hybridized carbons (Fsp3) is 0.240. The summed E-state index contributed by atoms with van der Waals surface area (Å²) in [6, 6.07) is 24.8. The van der Waals surface area contributed by atoms with Gasteiger partial charge < -0.3 is 9.64 Å². The Labute approximate surface area is 181 Å². The van der Waals surface area contributed by atoms with Gasteiger partial charge in [-0.1, -0.05) is 52.3 Å². The number of carbonyl (C=O) groups excluding carboxylic acids is 1. The molecular formula is C25H26BrNO2. The first kappa shape index (κ1) is 21.1. The highest BCUT2D eigenvalue weighted by atomic mass is 79.9. The van der Waals surface area contributed by atoms with Crippen LogP contribution >= 0.6 is 15.9 Å². The number of carbonyl (C=O) groups is 1. The van der Waals surface area contributed by atoms with E-state index in [9.17, 15) is 4.79 Å². The van der Waals surface area contributed by atoms with E-state index in [0.29, 0.717) is 5.56 Å². The van der Waals surface area contributed by atoms with Crippen LogP contribution in [0.2, 0.25) is 0 Å². The van der Waals surface area contributed by atoms with Gasteiger partial charge in [-0.15, -0.1) is 0 Å². The Kier molecular flexibility index (Phi) is 7.48. The number of methoxy groups -OCH3 is 1. The Balaban J connectivity index is 1.78. The molecule has 0 heterocycles. The second kappa shape index (κ2) is 10.3. The van der Waals surface area contributed by atoms with Crippen LogP contribution in [0.3, 0.4) is 0 Å². The number of hydrogen-bond acceptors (Lipinski definition) is 3. The molecule has 3 nitrogen and oxygen atoms in total. The number of aryl methyl sites for hydroxylation is 2. The first-order valence-electron chi connectivity index (χ1n) is 9.85. The zero-order valence-corrected chi connectivity index (χ0v) is 18.5. The Morgan fingerprint density at radius 3 is 2.31 bits per heavy atom. The van der Waals surface area contributed by atoms with Crippen LogP contribution in [0.25, 0.3) is 0 Å². The zero-order chi connectivity index (χ0) is 20.6. The van der Waals surface area contributed by atoms with Gasteiger partial charge in [-0.2, -0.15) is 0 Å². The van der Waals surface area contributed by atoms with Crippen molar-refractivity contribution in [2.45, 2.75) is 26.3 Å². The zero-order valence-electron chi connectivity index (χ0n) is 16.9. The summed E-state index contributed by atoms with van der Waals surface area (Å²) in [4.78, 5) is 14.0. The van der Waals surface area contributed by atoms with Gasteiger partial charge in [0.15, 0.2) is 0 Å². The van der Waals surface area contributed by atoms with Gasteiger partial charge in [0.05, 0.1) is 12.7 Å². The number of ether oxygens (including phenoxy) is 1. The van der Waals surface area contributed by atoms with E-state index in [1.165, 1.54) is 23.8 Å². The second-order valence-corrected chi connectivity index (χ2v) is 7.87. The Morgan fingerprint density at radius 1 is 0.931 bits per heavy atom. The minimum atomic E-state index is -0.310. The summed E-state index contributed by atoms with van der Waals surface area (Å²) < 4.78 is 5.88. The van der Waals surface area contributed by atoms with Crippen LogP contribution in [0, 0.1) is 0 Å². The van der Waals surface area contributed by atoms with E-state index >= 15 is 0 Å². The van der Waals surface area contributed by atoms with E-state index < -0.39 is 0 Å². The average Bonchev–Trinajstić information content (AvgIpc) is 2.77. The third-order valence-electron chi connectivity index (χ3n) is 5.09. The van der Waals surface area contributed by atoms with Crippen LogP contribution < -0.4 is 4.90 Å². The first-order valence-corrected chi connectivity index (χ1v) is 10.6. The van der Waals surface area contributed by atoms with Crippen molar-refractivity contribution in [1.29, 1.82) is 0 Å². The van der Waals surface area contributed by atoms with E-state index in [1.54, 1.807) is 0 Å². The Hall–Kier alpha value is -2.59. The molecule has 4 heteroatoms. The molecule has 0 unspecified atom stereocenters. The lowest BCUT2D eigenvalue weighted by Gasteiger charge is -2.25. The van der Waals surface area contributed by atoms with Crippen molar-refractivity contribution in [2.75, 3.05) is 18.6 Å². The number of esters is 1. The maximum atomic E-state index is 11.7. The highest BCUT2D eigenvalue weighted by molar-refractivity contribution is 9.10. The molecule has 0 saturated carbocycles. The molecule has 0 aliphatic carbocycles. The number of benzene rings is 3. The lowest BCUT2D eigenvalue weighted by molar-refractivity contribution is 0.0601. The normalized spacial score (nSPS) is 10.6. The lowest BCUT2D eigenvalue weighted by atomic mass is 9.99. The summed E-state index contributed by atoms with van der Waals surface area (Å²) >= 11 is 3.62.